The summed E-state index contributed by atoms with van der Waals surface area (Å²) in [5, 5.41) is 4.16. The third kappa shape index (κ3) is 3.06. The molecule has 2 rings (SSSR count). The Morgan fingerprint density at radius 3 is 3.18 bits per heavy atom. The van der Waals surface area contributed by atoms with Gasteiger partial charge in [-0.2, -0.15) is 0 Å². The van der Waals surface area contributed by atoms with Crippen molar-refractivity contribution in [1.82, 2.24) is 10.3 Å². The largest absolute Gasteiger partial charge is 0.356 e. The number of carbonyl (C=O) groups is 1. The molecule has 0 aliphatic heterocycles. The molecule has 0 fully saturated rings. The number of nitrogens with one attached hydrogen (secondary N) is 1. The molecule has 1 atom stereocenters. The van der Waals surface area contributed by atoms with E-state index in [4.69, 9.17) is 0 Å². The van der Waals surface area contributed by atoms with Crippen molar-refractivity contribution < 1.29 is 4.79 Å². The number of carbonyl (C=O) groups excluding carboxylic acids is 1. The number of amides is 1. The number of hydrogen-bond donors (Lipinski definition) is 1. The maximum absolute atomic E-state index is 12.0. The molecule has 1 amide bonds. The molecule has 0 spiro atoms. The van der Waals surface area contributed by atoms with Crippen LogP contribution in [0.3, 0.4) is 0 Å². The van der Waals surface area contributed by atoms with Crippen molar-refractivity contribution in [2.75, 3.05) is 6.54 Å². The van der Waals surface area contributed by atoms with Crippen molar-refractivity contribution in [3.63, 3.8) is 0 Å². The fourth-order valence-electron chi connectivity index (χ4n) is 2.26. The Morgan fingerprint density at radius 1 is 1.59 bits per heavy atom. The summed E-state index contributed by atoms with van der Waals surface area (Å²) in [7, 11) is 0. The zero-order valence-electron chi connectivity index (χ0n) is 10.6. The summed E-state index contributed by atoms with van der Waals surface area (Å²) in [5.74, 6) is 0.398. The van der Waals surface area contributed by atoms with Crippen LogP contribution in [-0.2, 0) is 17.6 Å². The summed E-state index contributed by atoms with van der Waals surface area (Å²) in [6.45, 7) is 5.00. The minimum atomic E-state index is 0.166. The van der Waals surface area contributed by atoms with Crippen LogP contribution in [0.5, 0.6) is 0 Å². The number of aryl methyl sites for hydroxylation is 2. The lowest BCUT2D eigenvalue weighted by molar-refractivity contribution is -0.125. The predicted molar refractivity (Wildman–Crippen MR) is 70.3 cm³/mol. The van der Waals surface area contributed by atoms with Crippen LogP contribution in [0, 0.1) is 12.8 Å². The first-order valence-electron chi connectivity index (χ1n) is 6.43. The Morgan fingerprint density at radius 2 is 2.41 bits per heavy atom. The molecule has 1 unspecified atom stereocenters. The molecule has 1 aromatic rings. The van der Waals surface area contributed by atoms with E-state index in [0.717, 1.165) is 43.7 Å². The first-order valence-corrected chi connectivity index (χ1v) is 7.25. The van der Waals surface area contributed by atoms with E-state index >= 15 is 0 Å². The molecular formula is C13H20N2OS. The Kier molecular flexibility index (Phi) is 4.15. The van der Waals surface area contributed by atoms with Gasteiger partial charge in [-0.05, 0) is 32.6 Å². The number of hydrogen-bond acceptors (Lipinski definition) is 3. The summed E-state index contributed by atoms with van der Waals surface area (Å²) in [5.41, 5.74) is 1.23. The lowest BCUT2D eigenvalue weighted by Crippen LogP contribution is -2.34. The number of aromatic nitrogens is 1. The quantitative estimate of drug-likeness (QED) is 0.836. The van der Waals surface area contributed by atoms with Crippen LogP contribution in [0.25, 0.3) is 0 Å². The summed E-state index contributed by atoms with van der Waals surface area (Å²) in [4.78, 5) is 17.8. The molecule has 1 aliphatic carbocycles. The SMILES string of the molecule is CCCCNC(=O)C1CCc2nc(C)sc2C1. The van der Waals surface area contributed by atoms with Crippen LogP contribution in [0.15, 0.2) is 0 Å². The molecule has 4 heteroatoms. The highest BCUT2D eigenvalue weighted by Crippen LogP contribution is 2.29. The number of thiazole rings is 1. The molecule has 0 saturated carbocycles. The molecular weight excluding hydrogens is 232 g/mol. The van der Waals surface area contributed by atoms with E-state index in [9.17, 15) is 4.79 Å². The van der Waals surface area contributed by atoms with Crippen LogP contribution in [0.2, 0.25) is 0 Å². The maximum Gasteiger partial charge on any atom is 0.223 e. The first-order chi connectivity index (χ1) is 8.20. The van der Waals surface area contributed by atoms with E-state index < -0.39 is 0 Å². The molecule has 1 heterocycles. The van der Waals surface area contributed by atoms with Gasteiger partial charge >= 0.3 is 0 Å². The number of nitrogens with zero attached hydrogens (tertiary/aromatic N) is 1. The summed E-state index contributed by atoms with van der Waals surface area (Å²) >= 11 is 1.75. The van der Waals surface area contributed by atoms with Gasteiger partial charge in [0, 0.05) is 17.3 Å². The van der Waals surface area contributed by atoms with Crippen molar-refractivity contribution in [3.05, 3.63) is 15.6 Å². The van der Waals surface area contributed by atoms with Gasteiger partial charge in [-0.3, -0.25) is 4.79 Å². The normalized spacial score (nSPS) is 18.8. The van der Waals surface area contributed by atoms with Gasteiger partial charge in [0.2, 0.25) is 5.91 Å². The third-order valence-electron chi connectivity index (χ3n) is 3.25. The van der Waals surface area contributed by atoms with E-state index in [1.807, 2.05) is 6.92 Å². The van der Waals surface area contributed by atoms with Gasteiger partial charge in [0.05, 0.1) is 10.7 Å². The smallest absolute Gasteiger partial charge is 0.223 e. The van der Waals surface area contributed by atoms with E-state index in [2.05, 4.69) is 17.2 Å². The maximum atomic E-state index is 12.0. The average Bonchev–Trinajstić information content (AvgIpc) is 2.68. The Bertz CT molecular complexity index is 400. The first kappa shape index (κ1) is 12.6. The van der Waals surface area contributed by atoms with Crippen molar-refractivity contribution in [1.29, 1.82) is 0 Å². The van der Waals surface area contributed by atoms with Crippen LogP contribution >= 0.6 is 11.3 Å². The highest BCUT2D eigenvalue weighted by Gasteiger charge is 2.26. The third-order valence-corrected chi connectivity index (χ3v) is 4.28. The van der Waals surface area contributed by atoms with E-state index in [1.165, 1.54) is 10.6 Å². The van der Waals surface area contributed by atoms with E-state index in [-0.39, 0.29) is 11.8 Å². The van der Waals surface area contributed by atoms with Gasteiger partial charge in [0.25, 0.3) is 0 Å². The molecule has 1 N–H and O–H groups in total. The Balaban J connectivity index is 1.90. The number of fused-ring (bicyclic) bond motifs is 1. The average molecular weight is 252 g/mol. The summed E-state index contributed by atoms with van der Waals surface area (Å²) < 4.78 is 0. The van der Waals surface area contributed by atoms with Crippen LogP contribution < -0.4 is 5.32 Å². The topological polar surface area (TPSA) is 42.0 Å². The van der Waals surface area contributed by atoms with Gasteiger partial charge in [0.1, 0.15) is 0 Å². The standard InChI is InChI=1S/C13H20N2OS/c1-3-4-7-14-13(16)10-5-6-11-12(8-10)17-9(2)15-11/h10H,3-8H2,1-2H3,(H,14,16). The molecule has 0 aromatic carbocycles. The summed E-state index contributed by atoms with van der Waals surface area (Å²) in [6, 6.07) is 0. The molecule has 1 aliphatic rings. The fourth-order valence-corrected chi connectivity index (χ4v) is 3.32. The van der Waals surface area contributed by atoms with Gasteiger partial charge in [0.15, 0.2) is 0 Å². The van der Waals surface area contributed by atoms with Gasteiger partial charge in [-0.1, -0.05) is 13.3 Å². The molecule has 3 nitrogen and oxygen atoms in total. The van der Waals surface area contributed by atoms with Gasteiger partial charge in [-0.25, -0.2) is 4.98 Å². The zero-order valence-corrected chi connectivity index (χ0v) is 11.4. The minimum absolute atomic E-state index is 0.166. The van der Waals surface area contributed by atoms with E-state index in [0.29, 0.717) is 0 Å². The second-order valence-corrected chi connectivity index (χ2v) is 5.97. The van der Waals surface area contributed by atoms with Crippen molar-refractivity contribution in [2.45, 2.75) is 46.0 Å². The second kappa shape index (κ2) is 5.63. The van der Waals surface area contributed by atoms with Crippen molar-refractivity contribution >= 4 is 17.2 Å². The Labute approximate surface area is 107 Å². The fraction of sp³-hybridized carbons (Fsp3) is 0.692. The molecule has 0 radical (unpaired) electrons. The Hall–Kier alpha value is -0.900. The highest BCUT2D eigenvalue weighted by atomic mass is 32.1. The zero-order chi connectivity index (χ0) is 12.3. The van der Waals surface area contributed by atoms with E-state index in [1.54, 1.807) is 11.3 Å². The van der Waals surface area contributed by atoms with Gasteiger partial charge < -0.3 is 5.32 Å². The lowest BCUT2D eigenvalue weighted by Gasteiger charge is -2.20. The van der Waals surface area contributed by atoms with Crippen LogP contribution in [0.1, 0.15) is 41.8 Å². The summed E-state index contributed by atoms with van der Waals surface area (Å²) in [6.07, 6.45) is 5.00. The van der Waals surface area contributed by atoms with Crippen molar-refractivity contribution in [3.8, 4) is 0 Å². The van der Waals surface area contributed by atoms with Gasteiger partial charge in [-0.15, -0.1) is 11.3 Å². The van der Waals surface area contributed by atoms with Crippen LogP contribution in [-0.4, -0.2) is 17.4 Å². The molecule has 17 heavy (non-hydrogen) atoms. The molecule has 94 valence electrons. The monoisotopic (exact) mass is 252 g/mol. The predicted octanol–water partition coefficient (Wildman–Crippen LogP) is 2.47. The number of unbranched alkanes of at least 4 members (excludes halogenated alkanes) is 1. The van der Waals surface area contributed by atoms with Crippen molar-refractivity contribution in [2.24, 2.45) is 5.92 Å². The molecule has 0 bridgehead atoms. The van der Waals surface area contributed by atoms with Crippen LogP contribution in [0.4, 0.5) is 0 Å². The number of rotatable bonds is 4. The highest BCUT2D eigenvalue weighted by molar-refractivity contribution is 7.11. The molecule has 1 aromatic heterocycles. The lowest BCUT2D eigenvalue weighted by atomic mass is 9.90. The molecule has 0 saturated heterocycles. The second-order valence-electron chi connectivity index (χ2n) is 4.69. The minimum Gasteiger partial charge on any atom is -0.356 e.